The predicted molar refractivity (Wildman–Crippen MR) is 74.2 cm³/mol. The Bertz CT molecular complexity index is 459. The molecule has 2 rings (SSSR count). The number of nitrogens with one attached hydrogen (secondary N) is 1. The summed E-state index contributed by atoms with van der Waals surface area (Å²) in [5.74, 6) is -0.920. The van der Waals surface area contributed by atoms with Gasteiger partial charge in [-0.1, -0.05) is 11.6 Å². The topological polar surface area (TPSA) is 64.4 Å². The number of hydrogen-bond donors (Lipinski definition) is 2. The molecule has 0 bridgehead atoms. The minimum Gasteiger partial charge on any atom is -0.364 e. The molecule has 4 nitrogen and oxygen atoms in total. The largest absolute Gasteiger partial charge is 0.364 e. The van der Waals surface area contributed by atoms with E-state index < -0.39 is 11.9 Å². The van der Waals surface area contributed by atoms with E-state index in [-0.39, 0.29) is 35.1 Å². The molecule has 1 aromatic rings. The van der Waals surface area contributed by atoms with Crippen LogP contribution in [-0.4, -0.2) is 24.7 Å². The molecule has 3 N–H and O–H groups in total. The number of benzene rings is 1. The summed E-state index contributed by atoms with van der Waals surface area (Å²) in [6.45, 7) is 0.388. The Morgan fingerprint density at radius 1 is 1.53 bits per heavy atom. The highest BCUT2D eigenvalue weighted by atomic mass is 35.5. The Balaban J connectivity index is 0.00000180. The van der Waals surface area contributed by atoms with Crippen molar-refractivity contribution in [3.63, 3.8) is 0 Å². The Morgan fingerprint density at radius 2 is 2.26 bits per heavy atom. The van der Waals surface area contributed by atoms with Gasteiger partial charge in [0.15, 0.2) is 0 Å². The third kappa shape index (κ3) is 4.04. The van der Waals surface area contributed by atoms with Crippen LogP contribution in [0.15, 0.2) is 18.2 Å². The van der Waals surface area contributed by atoms with Gasteiger partial charge >= 0.3 is 0 Å². The third-order valence-corrected chi connectivity index (χ3v) is 3.09. The van der Waals surface area contributed by atoms with Crippen molar-refractivity contribution >= 4 is 35.6 Å². The van der Waals surface area contributed by atoms with E-state index in [2.05, 4.69) is 5.32 Å². The van der Waals surface area contributed by atoms with Crippen molar-refractivity contribution in [1.29, 1.82) is 0 Å². The first kappa shape index (κ1) is 16.2. The first-order chi connectivity index (χ1) is 8.60. The Kier molecular flexibility index (Phi) is 6.00. The molecule has 19 heavy (non-hydrogen) atoms. The molecule has 106 valence electrons. The highest BCUT2D eigenvalue weighted by Gasteiger charge is 2.30. The van der Waals surface area contributed by atoms with E-state index in [1.54, 1.807) is 0 Å². The van der Waals surface area contributed by atoms with E-state index in [1.165, 1.54) is 12.1 Å². The van der Waals surface area contributed by atoms with E-state index in [1.807, 2.05) is 0 Å². The average Bonchev–Trinajstić information content (AvgIpc) is 2.81. The lowest BCUT2D eigenvalue weighted by Crippen LogP contribution is -2.30. The van der Waals surface area contributed by atoms with Gasteiger partial charge in [-0.15, -0.1) is 12.4 Å². The number of carbonyl (C=O) groups excluding carboxylic acids is 1. The van der Waals surface area contributed by atoms with Crippen molar-refractivity contribution in [3.05, 3.63) is 29.0 Å². The van der Waals surface area contributed by atoms with Crippen LogP contribution < -0.4 is 11.1 Å². The maximum Gasteiger partial charge on any atom is 0.253 e. The number of hydrogen-bond acceptors (Lipinski definition) is 3. The van der Waals surface area contributed by atoms with Crippen molar-refractivity contribution in [2.24, 2.45) is 5.73 Å². The summed E-state index contributed by atoms with van der Waals surface area (Å²) < 4.78 is 18.9. The van der Waals surface area contributed by atoms with Crippen LogP contribution in [0, 0.1) is 5.82 Å². The molecule has 2 atom stereocenters. The van der Waals surface area contributed by atoms with Crippen LogP contribution >= 0.6 is 24.0 Å². The summed E-state index contributed by atoms with van der Waals surface area (Å²) in [4.78, 5) is 11.8. The van der Waals surface area contributed by atoms with Gasteiger partial charge in [0.2, 0.25) is 0 Å². The van der Waals surface area contributed by atoms with Gasteiger partial charge in [-0.05, 0) is 31.0 Å². The van der Waals surface area contributed by atoms with Crippen LogP contribution in [0.4, 0.5) is 10.1 Å². The molecule has 1 saturated heterocycles. The molecule has 0 radical (unpaired) electrons. The summed E-state index contributed by atoms with van der Waals surface area (Å²) in [6.07, 6.45) is 0.699. The second-order valence-corrected chi connectivity index (χ2v) is 4.61. The SMILES string of the molecule is Cl.NC[C@H]1CC[C@@H](C(=O)Nc2ccc(Cl)cc2F)O1. The molecule has 0 spiro atoms. The molecule has 0 unspecified atom stereocenters. The molecule has 1 fully saturated rings. The highest BCUT2D eigenvalue weighted by molar-refractivity contribution is 6.30. The molecule has 0 aliphatic carbocycles. The van der Waals surface area contributed by atoms with Gasteiger partial charge in [0.05, 0.1) is 11.8 Å². The molecule has 0 aromatic heterocycles. The summed E-state index contributed by atoms with van der Waals surface area (Å²) in [7, 11) is 0. The predicted octanol–water partition coefficient (Wildman–Crippen LogP) is 2.35. The van der Waals surface area contributed by atoms with E-state index >= 15 is 0 Å². The number of amides is 1. The van der Waals surface area contributed by atoms with Crippen molar-refractivity contribution in [2.75, 3.05) is 11.9 Å². The van der Waals surface area contributed by atoms with Crippen LogP contribution in [0.3, 0.4) is 0 Å². The lowest BCUT2D eigenvalue weighted by molar-refractivity contribution is -0.126. The molecule has 0 saturated carbocycles. The number of nitrogens with two attached hydrogens (primary N) is 1. The fraction of sp³-hybridized carbons (Fsp3) is 0.417. The normalized spacial score (nSPS) is 21.8. The van der Waals surface area contributed by atoms with Gasteiger partial charge < -0.3 is 15.8 Å². The van der Waals surface area contributed by atoms with Crippen LogP contribution in [0.5, 0.6) is 0 Å². The zero-order chi connectivity index (χ0) is 13.1. The number of ether oxygens (including phenoxy) is 1. The number of halogens is 3. The monoisotopic (exact) mass is 308 g/mol. The Hall–Kier alpha value is -0.880. The van der Waals surface area contributed by atoms with Crippen molar-refractivity contribution < 1.29 is 13.9 Å². The van der Waals surface area contributed by atoms with Crippen molar-refractivity contribution in [1.82, 2.24) is 0 Å². The smallest absolute Gasteiger partial charge is 0.253 e. The minimum absolute atomic E-state index is 0. The summed E-state index contributed by atoms with van der Waals surface area (Å²) in [5.41, 5.74) is 5.56. The third-order valence-electron chi connectivity index (χ3n) is 2.85. The van der Waals surface area contributed by atoms with E-state index in [4.69, 9.17) is 22.1 Å². The van der Waals surface area contributed by atoms with E-state index in [9.17, 15) is 9.18 Å². The summed E-state index contributed by atoms with van der Waals surface area (Å²) in [5, 5.41) is 2.77. The quantitative estimate of drug-likeness (QED) is 0.901. The molecular formula is C12H15Cl2FN2O2. The second kappa shape index (κ2) is 7.05. The first-order valence-electron chi connectivity index (χ1n) is 5.71. The maximum atomic E-state index is 13.5. The molecule has 1 heterocycles. The van der Waals surface area contributed by atoms with Gasteiger partial charge in [-0.3, -0.25) is 4.79 Å². The highest BCUT2D eigenvalue weighted by Crippen LogP contribution is 2.22. The van der Waals surface area contributed by atoms with E-state index in [0.717, 1.165) is 12.5 Å². The summed E-state index contributed by atoms with van der Waals surface area (Å²) in [6, 6.07) is 4.08. The zero-order valence-electron chi connectivity index (χ0n) is 10.1. The fourth-order valence-electron chi connectivity index (χ4n) is 1.88. The molecule has 1 aromatic carbocycles. The van der Waals surface area contributed by atoms with Crippen LogP contribution in [0.1, 0.15) is 12.8 Å². The van der Waals surface area contributed by atoms with Crippen molar-refractivity contribution in [3.8, 4) is 0 Å². The Morgan fingerprint density at radius 3 is 2.84 bits per heavy atom. The molecule has 7 heteroatoms. The van der Waals surface area contributed by atoms with Crippen LogP contribution in [-0.2, 0) is 9.53 Å². The van der Waals surface area contributed by atoms with Gasteiger partial charge in [-0.25, -0.2) is 4.39 Å². The lowest BCUT2D eigenvalue weighted by atomic mass is 10.2. The fourth-order valence-corrected chi connectivity index (χ4v) is 2.03. The molecule has 1 aliphatic rings. The molecule has 1 aliphatic heterocycles. The van der Waals surface area contributed by atoms with Crippen LogP contribution in [0.2, 0.25) is 5.02 Å². The van der Waals surface area contributed by atoms with Gasteiger partial charge in [0, 0.05) is 11.6 Å². The molecule has 1 amide bonds. The molecular weight excluding hydrogens is 294 g/mol. The average molecular weight is 309 g/mol. The maximum absolute atomic E-state index is 13.5. The first-order valence-corrected chi connectivity index (χ1v) is 6.09. The summed E-state index contributed by atoms with van der Waals surface area (Å²) >= 11 is 5.63. The van der Waals surface area contributed by atoms with Gasteiger partial charge in [0.25, 0.3) is 5.91 Å². The van der Waals surface area contributed by atoms with Crippen molar-refractivity contribution in [2.45, 2.75) is 25.0 Å². The second-order valence-electron chi connectivity index (χ2n) is 4.17. The van der Waals surface area contributed by atoms with E-state index in [0.29, 0.717) is 13.0 Å². The van der Waals surface area contributed by atoms with Gasteiger partial charge in [0.1, 0.15) is 11.9 Å². The number of carbonyl (C=O) groups is 1. The standard InChI is InChI=1S/C12H14ClFN2O2.ClH/c13-7-1-3-10(9(14)5-7)16-12(17)11-4-2-8(6-15)18-11;/h1,3,5,8,11H,2,4,6,15H2,(H,16,17);1H/t8-,11+;/m1./s1. The number of rotatable bonds is 3. The lowest BCUT2D eigenvalue weighted by Gasteiger charge is -2.13. The number of anilines is 1. The Labute approximate surface area is 121 Å². The van der Waals surface area contributed by atoms with Crippen LogP contribution in [0.25, 0.3) is 0 Å². The minimum atomic E-state index is -0.566. The zero-order valence-corrected chi connectivity index (χ0v) is 11.6. The van der Waals surface area contributed by atoms with Gasteiger partial charge in [-0.2, -0.15) is 0 Å².